The Balaban J connectivity index is 1.10. The summed E-state index contributed by atoms with van der Waals surface area (Å²) < 4.78 is 23.1. The van der Waals surface area contributed by atoms with Crippen molar-refractivity contribution in [1.82, 2.24) is 14.0 Å². The number of para-hydroxylation sites is 3. The average Bonchev–Trinajstić information content (AvgIpc) is 3.77. The fourth-order valence-corrected chi connectivity index (χ4v) is 6.48. The summed E-state index contributed by atoms with van der Waals surface area (Å²) in [6, 6.07) is 19.7. The van der Waals surface area contributed by atoms with E-state index in [1.807, 2.05) is 105 Å². The standard InChI is InChI=1S/C34H37N3O5S/c1-34(2,3)42-33(39)37-15-13-23(20-37)22-41-30-12-8-7-11-29(30)40-17-16-36-21-25(24-9-5-6-10-26(24)36)32(38)28-19-31-27(35(28)4)14-18-43-31/h5-12,14,18-19,21,23H,13,15-17,20,22H2,1-4H3. The van der Waals surface area contributed by atoms with Gasteiger partial charge in [-0.2, -0.15) is 0 Å². The molecule has 0 spiro atoms. The molecule has 4 heterocycles. The Morgan fingerprint density at radius 1 is 0.977 bits per heavy atom. The lowest BCUT2D eigenvalue weighted by Gasteiger charge is -2.24. The summed E-state index contributed by atoms with van der Waals surface area (Å²) in [4.78, 5) is 27.9. The Bertz CT molecular complexity index is 1780. The highest BCUT2D eigenvalue weighted by Gasteiger charge is 2.30. The molecule has 1 amide bonds. The third-order valence-corrected chi connectivity index (χ3v) is 8.63. The molecule has 0 aliphatic carbocycles. The van der Waals surface area contributed by atoms with Crippen molar-refractivity contribution in [2.75, 3.05) is 26.3 Å². The first-order valence-electron chi connectivity index (χ1n) is 14.7. The molecular formula is C34H37N3O5S. The van der Waals surface area contributed by atoms with E-state index in [4.69, 9.17) is 14.2 Å². The van der Waals surface area contributed by atoms with E-state index >= 15 is 0 Å². The summed E-state index contributed by atoms with van der Waals surface area (Å²) in [6.45, 7) is 8.37. The number of aromatic nitrogens is 2. The molecule has 1 saturated heterocycles. The van der Waals surface area contributed by atoms with Crippen molar-refractivity contribution in [1.29, 1.82) is 0 Å². The molecule has 5 aromatic rings. The van der Waals surface area contributed by atoms with Crippen molar-refractivity contribution >= 4 is 44.3 Å². The number of ketones is 1. The highest BCUT2D eigenvalue weighted by atomic mass is 32.1. The molecule has 9 heteroatoms. The lowest BCUT2D eigenvalue weighted by atomic mass is 10.1. The maximum Gasteiger partial charge on any atom is 0.410 e. The number of ether oxygens (including phenoxy) is 3. The maximum atomic E-state index is 13.7. The number of hydrogen-bond acceptors (Lipinski definition) is 6. The molecule has 0 bridgehead atoms. The fourth-order valence-electron chi connectivity index (χ4n) is 5.63. The fraction of sp³-hybridized carbons (Fsp3) is 0.353. The monoisotopic (exact) mass is 599 g/mol. The van der Waals surface area contributed by atoms with Crippen LogP contribution in [0.25, 0.3) is 21.1 Å². The molecule has 2 aromatic carbocycles. The Kier molecular flexibility index (Phi) is 7.92. The van der Waals surface area contributed by atoms with Gasteiger partial charge in [-0.25, -0.2) is 4.79 Å². The third kappa shape index (κ3) is 6.13. The van der Waals surface area contributed by atoms with Crippen LogP contribution in [0.5, 0.6) is 11.5 Å². The lowest BCUT2D eigenvalue weighted by molar-refractivity contribution is 0.0284. The van der Waals surface area contributed by atoms with Crippen LogP contribution in [-0.4, -0.2) is 57.8 Å². The highest BCUT2D eigenvalue weighted by Crippen LogP contribution is 2.31. The normalized spacial score (nSPS) is 15.3. The zero-order valence-corrected chi connectivity index (χ0v) is 25.9. The van der Waals surface area contributed by atoms with E-state index in [1.54, 1.807) is 16.2 Å². The second-order valence-corrected chi connectivity index (χ2v) is 13.0. The van der Waals surface area contributed by atoms with Gasteiger partial charge in [-0.1, -0.05) is 30.3 Å². The second kappa shape index (κ2) is 11.8. The topological polar surface area (TPSA) is 74.9 Å². The lowest BCUT2D eigenvalue weighted by Crippen LogP contribution is -2.35. The number of aryl methyl sites for hydroxylation is 1. The Hall–Kier alpha value is -4.24. The van der Waals surface area contributed by atoms with Crippen LogP contribution in [-0.2, 0) is 18.3 Å². The molecule has 0 N–H and O–H groups in total. The molecule has 6 rings (SSSR count). The zero-order valence-electron chi connectivity index (χ0n) is 25.0. The quantitative estimate of drug-likeness (QED) is 0.168. The Morgan fingerprint density at radius 2 is 1.72 bits per heavy atom. The first-order valence-corrected chi connectivity index (χ1v) is 15.5. The summed E-state index contributed by atoms with van der Waals surface area (Å²) in [6.07, 6.45) is 2.53. The number of carbonyl (C=O) groups is 2. The van der Waals surface area contributed by atoms with Crippen LogP contribution in [0.15, 0.2) is 72.2 Å². The van der Waals surface area contributed by atoms with Gasteiger partial charge < -0.3 is 28.2 Å². The van der Waals surface area contributed by atoms with Crippen LogP contribution in [0.1, 0.15) is 43.2 Å². The van der Waals surface area contributed by atoms with E-state index in [9.17, 15) is 9.59 Å². The first kappa shape index (κ1) is 28.9. The van der Waals surface area contributed by atoms with E-state index in [-0.39, 0.29) is 17.8 Å². The molecule has 1 atom stereocenters. The minimum atomic E-state index is -0.509. The number of likely N-dealkylation sites (tertiary alicyclic amines) is 1. The third-order valence-electron chi connectivity index (χ3n) is 7.78. The average molecular weight is 600 g/mol. The summed E-state index contributed by atoms with van der Waals surface area (Å²) in [5.41, 5.74) is 2.92. The van der Waals surface area contributed by atoms with Crippen LogP contribution >= 0.6 is 11.3 Å². The largest absolute Gasteiger partial charge is 0.489 e. The molecule has 1 aliphatic rings. The van der Waals surface area contributed by atoms with Gasteiger partial charge in [-0.05, 0) is 62.9 Å². The molecule has 43 heavy (non-hydrogen) atoms. The van der Waals surface area contributed by atoms with E-state index < -0.39 is 5.60 Å². The number of fused-ring (bicyclic) bond motifs is 2. The predicted molar refractivity (Wildman–Crippen MR) is 170 cm³/mol. The molecule has 1 aliphatic heterocycles. The SMILES string of the molecule is Cn1c(C(=O)c2cn(CCOc3ccccc3OCC3CCN(C(=O)OC(C)(C)C)C3)c3ccccc23)cc2sccc21. The van der Waals surface area contributed by atoms with Gasteiger partial charge in [0.2, 0.25) is 5.78 Å². The smallest absolute Gasteiger partial charge is 0.410 e. The molecule has 0 radical (unpaired) electrons. The Labute approximate surface area is 255 Å². The summed E-state index contributed by atoms with van der Waals surface area (Å²) in [7, 11) is 1.94. The van der Waals surface area contributed by atoms with Crippen molar-refractivity contribution < 1.29 is 23.8 Å². The van der Waals surface area contributed by atoms with Crippen LogP contribution in [0.3, 0.4) is 0 Å². The van der Waals surface area contributed by atoms with Crippen LogP contribution in [0.2, 0.25) is 0 Å². The zero-order chi connectivity index (χ0) is 30.1. The van der Waals surface area contributed by atoms with Crippen LogP contribution in [0.4, 0.5) is 4.79 Å². The number of hydrogen-bond donors (Lipinski definition) is 0. The van der Waals surface area contributed by atoms with Gasteiger partial charge >= 0.3 is 6.09 Å². The number of thiophene rings is 1. The van der Waals surface area contributed by atoms with Gasteiger partial charge in [0, 0.05) is 48.7 Å². The molecular weight excluding hydrogens is 562 g/mol. The minimum absolute atomic E-state index is 0.0117. The number of nitrogens with zero attached hydrogens (tertiary/aromatic N) is 3. The van der Waals surface area contributed by atoms with Crippen LogP contribution in [0, 0.1) is 5.92 Å². The Morgan fingerprint density at radius 3 is 2.49 bits per heavy atom. The van der Waals surface area contributed by atoms with Crippen molar-refractivity contribution in [2.45, 2.75) is 39.3 Å². The van der Waals surface area contributed by atoms with Crippen LogP contribution < -0.4 is 9.47 Å². The van der Waals surface area contributed by atoms with E-state index in [2.05, 4.69) is 4.57 Å². The van der Waals surface area contributed by atoms with Gasteiger partial charge in [-0.3, -0.25) is 4.79 Å². The molecule has 224 valence electrons. The molecule has 3 aromatic heterocycles. The number of amides is 1. The first-order chi connectivity index (χ1) is 20.7. The van der Waals surface area contributed by atoms with Crippen molar-refractivity contribution in [3.8, 4) is 11.5 Å². The van der Waals surface area contributed by atoms with E-state index in [0.29, 0.717) is 55.6 Å². The molecule has 1 unspecified atom stereocenters. The second-order valence-electron chi connectivity index (χ2n) is 12.0. The van der Waals surface area contributed by atoms with Crippen molar-refractivity contribution in [3.63, 3.8) is 0 Å². The number of benzene rings is 2. The van der Waals surface area contributed by atoms with Gasteiger partial charge in [-0.15, -0.1) is 11.3 Å². The predicted octanol–water partition coefficient (Wildman–Crippen LogP) is 7.14. The molecule has 0 saturated carbocycles. The van der Waals surface area contributed by atoms with Gasteiger partial charge in [0.25, 0.3) is 0 Å². The summed E-state index contributed by atoms with van der Waals surface area (Å²) >= 11 is 1.64. The maximum absolute atomic E-state index is 13.7. The van der Waals surface area contributed by atoms with Gasteiger partial charge in [0.1, 0.15) is 12.2 Å². The number of rotatable bonds is 9. The molecule has 1 fully saturated rings. The summed E-state index contributed by atoms with van der Waals surface area (Å²) in [5, 5.41) is 2.97. The minimum Gasteiger partial charge on any atom is -0.489 e. The van der Waals surface area contributed by atoms with Crippen molar-refractivity contribution in [2.24, 2.45) is 13.0 Å². The number of carbonyl (C=O) groups excluding carboxylic acids is 2. The van der Waals surface area contributed by atoms with E-state index in [1.165, 1.54) is 0 Å². The van der Waals surface area contributed by atoms with Gasteiger partial charge in [0.05, 0.1) is 29.1 Å². The van der Waals surface area contributed by atoms with Crippen molar-refractivity contribution in [3.05, 3.63) is 83.5 Å². The van der Waals surface area contributed by atoms with Gasteiger partial charge in [0.15, 0.2) is 11.5 Å². The van der Waals surface area contributed by atoms with E-state index in [0.717, 1.165) is 27.5 Å². The summed E-state index contributed by atoms with van der Waals surface area (Å²) in [5.74, 6) is 1.58. The molecule has 8 nitrogen and oxygen atoms in total. The highest BCUT2D eigenvalue weighted by molar-refractivity contribution is 7.17.